The van der Waals surface area contributed by atoms with Crippen molar-refractivity contribution in [3.8, 4) is 0 Å². The van der Waals surface area contributed by atoms with E-state index >= 15 is 0 Å². The molecule has 8 heavy (non-hydrogen) atoms. The molecule has 1 aliphatic heterocycles. The minimum atomic E-state index is 0.535. The van der Waals surface area contributed by atoms with Crippen molar-refractivity contribution in [1.82, 2.24) is 0 Å². The van der Waals surface area contributed by atoms with Crippen molar-refractivity contribution < 1.29 is 0 Å². The maximum absolute atomic E-state index is 7.16. The van der Waals surface area contributed by atoms with Crippen molar-refractivity contribution in [3.63, 3.8) is 0 Å². The first-order chi connectivity index (χ1) is 3.84. The number of rotatable bonds is 0. The van der Waals surface area contributed by atoms with Crippen LogP contribution in [0.3, 0.4) is 0 Å². The molecule has 0 bridgehead atoms. The van der Waals surface area contributed by atoms with Crippen LogP contribution in [-0.2, 0) is 0 Å². The molecular formula is C5H6N2S. The molecule has 3 heteroatoms. The zero-order chi connectivity index (χ0) is 5.98. The van der Waals surface area contributed by atoms with E-state index in [0.29, 0.717) is 5.04 Å². The molecule has 1 rings (SSSR count). The van der Waals surface area contributed by atoms with E-state index in [2.05, 4.69) is 0 Å². The van der Waals surface area contributed by atoms with Crippen LogP contribution in [0.25, 0.3) is 0 Å². The Morgan fingerprint density at radius 1 is 1.75 bits per heavy atom. The summed E-state index contributed by atoms with van der Waals surface area (Å²) in [5, 5.41) is 9.54. The third kappa shape index (κ3) is 0.767. The van der Waals surface area contributed by atoms with E-state index in [4.69, 9.17) is 11.1 Å². The lowest BCUT2D eigenvalue weighted by molar-refractivity contribution is 1.51. The van der Waals surface area contributed by atoms with Crippen molar-refractivity contribution in [2.24, 2.45) is 5.73 Å². The third-order valence-corrected chi connectivity index (χ3v) is 1.62. The summed E-state index contributed by atoms with van der Waals surface area (Å²) >= 11 is 1.38. The molecule has 3 N–H and O–H groups in total. The van der Waals surface area contributed by atoms with Crippen LogP contribution < -0.4 is 5.73 Å². The normalized spacial score (nSPS) is 23.0. The summed E-state index contributed by atoms with van der Waals surface area (Å²) in [5.74, 6) is 0. The molecular weight excluding hydrogens is 120 g/mol. The summed E-state index contributed by atoms with van der Waals surface area (Å²) in [6.07, 6.45) is 3.27. The summed E-state index contributed by atoms with van der Waals surface area (Å²) in [5.41, 5.74) is 5.97. The standard InChI is InChI=1S/C5H6N2S/c6-3-4-1-2-8-5(4)7/h1-3,7H,6H2/b4-3-,7-5?. The summed E-state index contributed by atoms with van der Waals surface area (Å²) in [4.78, 5) is 0. The van der Waals surface area contributed by atoms with E-state index in [-0.39, 0.29) is 0 Å². The van der Waals surface area contributed by atoms with Crippen molar-refractivity contribution >= 4 is 16.8 Å². The summed E-state index contributed by atoms with van der Waals surface area (Å²) in [6, 6.07) is 0. The summed E-state index contributed by atoms with van der Waals surface area (Å²) in [6.45, 7) is 0. The predicted octanol–water partition coefficient (Wildman–Crippen LogP) is 1.07. The van der Waals surface area contributed by atoms with Gasteiger partial charge >= 0.3 is 0 Å². The number of hydrogen-bond acceptors (Lipinski definition) is 3. The molecule has 0 atom stereocenters. The Morgan fingerprint density at radius 3 is 2.75 bits per heavy atom. The van der Waals surface area contributed by atoms with Gasteiger partial charge in [0.2, 0.25) is 0 Å². The number of allylic oxidation sites excluding steroid dienone is 1. The molecule has 0 radical (unpaired) electrons. The minimum absolute atomic E-state index is 0.535. The van der Waals surface area contributed by atoms with Crippen LogP contribution in [0.5, 0.6) is 0 Å². The minimum Gasteiger partial charge on any atom is -0.404 e. The highest BCUT2D eigenvalue weighted by atomic mass is 32.2. The fourth-order valence-electron chi connectivity index (χ4n) is 0.450. The zero-order valence-electron chi connectivity index (χ0n) is 4.22. The fraction of sp³-hybridized carbons (Fsp3) is 0. The van der Waals surface area contributed by atoms with Gasteiger partial charge in [-0.05, 0) is 11.5 Å². The molecule has 0 saturated heterocycles. The highest BCUT2D eigenvalue weighted by Gasteiger charge is 2.04. The van der Waals surface area contributed by atoms with Crippen LogP contribution in [0.4, 0.5) is 0 Å². The van der Waals surface area contributed by atoms with Crippen LogP contribution in [-0.4, -0.2) is 5.04 Å². The molecule has 0 unspecified atom stereocenters. The number of thioether (sulfide) groups is 1. The molecule has 0 aromatic carbocycles. The molecule has 0 aromatic rings. The SMILES string of the molecule is N=C1SC=C/C1=C/N. The monoisotopic (exact) mass is 126 g/mol. The van der Waals surface area contributed by atoms with Crippen molar-refractivity contribution in [3.05, 3.63) is 23.3 Å². The number of hydrogen-bond donors (Lipinski definition) is 2. The molecule has 42 valence electrons. The quantitative estimate of drug-likeness (QED) is 0.510. The van der Waals surface area contributed by atoms with E-state index in [0.717, 1.165) is 5.57 Å². The Bertz CT molecular complexity index is 169. The Balaban J connectivity index is 2.82. The van der Waals surface area contributed by atoms with E-state index in [9.17, 15) is 0 Å². The summed E-state index contributed by atoms with van der Waals surface area (Å²) in [7, 11) is 0. The Labute approximate surface area is 52.0 Å². The Kier molecular flexibility index (Phi) is 1.39. The van der Waals surface area contributed by atoms with Crippen LogP contribution in [0.1, 0.15) is 0 Å². The van der Waals surface area contributed by atoms with Gasteiger partial charge in [-0.1, -0.05) is 11.8 Å². The second-order valence-corrected chi connectivity index (χ2v) is 2.29. The first-order valence-corrected chi connectivity index (χ1v) is 3.06. The first-order valence-electron chi connectivity index (χ1n) is 2.18. The van der Waals surface area contributed by atoms with Crippen molar-refractivity contribution in [2.75, 3.05) is 0 Å². The fourth-order valence-corrected chi connectivity index (χ4v) is 1.07. The van der Waals surface area contributed by atoms with Gasteiger partial charge < -0.3 is 5.73 Å². The van der Waals surface area contributed by atoms with Gasteiger partial charge in [-0.15, -0.1) is 0 Å². The Hall–Kier alpha value is -0.700. The van der Waals surface area contributed by atoms with E-state index in [1.54, 1.807) is 0 Å². The molecule has 0 fully saturated rings. The van der Waals surface area contributed by atoms with Crippen molar-refractivity contribution in [1.29, 1.82) is 5.41 Å². The predicted molar refractivity (Wildman–Crippen MR) is 36.7 cm³/mol. The number of nitrogens with two attached hydrogens (primary N) is 1. The second-order valence-electron chi connectivity index (χ2n) is 1.37. The topological polar surface area (TPSA) is 49.9 Å². The highest BCUT2D eigenvalue weighted by Crippen LogP contribution is 2.20. The molecule has 0 amide bonds. The van der Waals surface area contributed by atoms with E-state index < -0.39 is 0 Å². The largest absolute Gasteiger partial charge is 0.404 e. The lowest BCUT2D eigenvalue weighted by Crippen LogP contribution is -1.90. The van der Waals surface area contributed by atoms with Crippen LogP contribution >= 0.6 is 11.8 Å². The third-order valence-electron chi connectivity index (χ3n) is 0.875. The average Bonchev–Trinajstić information content (AvgIpc) is 2.14. The molecule has 1 heterocycles. The van der Waals surface area contributed by atoms with Crippen LogP contribution in [0, 0.1) is 5.41 Å². The molecule has 0 saturated carbocycles. The molecule has 0 aromatic heterocycles. The maximum Gasteiger partial charge on any atom is 0.0999 e. The number of nitrogens with one attached hydrogen (secondary N) is 1. The van der Waals surface area contributed by atoms with E-state index in [1.165, 1.54) is 18.0 Å². The lowest BCUT2D eigenvalue weighted by Gasteiger charge is -1.87. The maximum atomic E-state index is 7.16. The average molecular weight is 126 g/mol. The highest BCUT2D eigenvalue weighted by molar-refractivity contribution is 8.17. The summed E-state index contributed by atoms with van der Waals surface area (Å²) < 4.78 is 0. The van der Waals surface area contributed by atoms with Crippen molar-refractivity contribution in [2.45, 2.75) is 0 Å². The van der Waals surface area contributed by atoms with Gasteiger partial charge in [0.1, 0.15) is 0 Å². The molecule has 0 aliphatic carbocycles. The Morgan fingerprint density at radius 2 is 2.50 bits per heavy atom. The van der Waals surface area contributed by atoms with Gasteiger partial charge in [-0.3, -0.25) is 5.41 Å². The van der Waals surface area contributed by atoms with Crippen LogP contribution in [0.2, 0.25) is 0 Å². The van der Waals surface area contributed by atoms with Gasteiger partial charge in [0.25, 0.3) is 0 Å². The molecule has 0 spiro atoms. The smallest absolute Gasteiger partial charge is 0.0999 e. The van der Waals surface area contributed by atoms with Gasteiger partial charge in [0.05, 0.1) is 5.04 Å². The lowest BCUT2D eigenvalue weighted by atomic mass is 10.3. The molecule has 2 nitrogen and oxygen atoms in total. The zero-order valence-corrected chi connectivity index (χ0v) is 5.03. The van der Waals surface area contributed by atoms with Gasteiger partial charge in [0.15, 0.2) is 0 Å². The van der Waals surface area contributed by atoms with Gasteiger partial charge in [-0.2, -0.15) is 0 Å². The van der Waals surface area contributed by atoms with Crippen LogP contribution in [0.15, 0.2) is 23.3 Å². The second kappa shape index (κ2) is 2.05. The van der Waals surface area contributed by atoms with Gasteiger partial charge in [0, 0.05) is 11.8 Å². The van der Waals surface area contributed by atoms with E-state index in [1.807, 2.05) is 11.5 Å². The van der Waals surface area contributed by atoms with Gasteiger partial charge in [-0.25, -0.2) is 0 Å². The first kappa shape index (κ1) is 5.44. The molecule has 1 aliphatic rings.